The van der Waals surface area contributed by atoms with E-state index in [0.717, 1.165) is 44.9 Å². The first-order valence-corrected chi connectivity index (χ1v) is 16.1. The number of amides is 2. The maximum atomic E-state index is 14.5. The molecule has 1 aliphatic carbocycles. The van der Waals surface area contributed by atoms with E-state index in [1.165, 1.54) is 6.42 Å². The molecule has 6 atom stereocenters. The average Bonchev–Trinajstić information content (AvgIpc) is 3.51. The van der Waals surface area contributed by atoms with E-state index in [-0.39, 0.29) is 40.5 Å². The van der Waals surface area contributed by atoms with Gasteiger partial charge < -0.3 is 19.6 Å². The number of thioether (sulfide) groups is 1. The van der Waals surface area contributed by atoms with Gasteiger partial charge in [-0.3, -0.25) is 14.4 Å². The highest BCUT2D eigenvalue weighted by molar-refractivity contribution is 9.09. The van der Waals surface area contributed by atoms with Gasteiger partial charge in [0.2, 0.25) is 11.8 Å². The number of fused-ring (bicyclic) bond motifs is 1. The van der Waals surface area contributed by atoms with E-state index < -0.39 is 22.6 Å². The molecule has 3 aliphatic heterocycles. The standard InChI is InChI=1S/C29H43BrN2O5S/c1-3-5-6-12-18-37-28(36)22-23-26(34)32(16-10-11-17-33)25(29(23)19-21(30)24(22)38-29)27(35)31(15-4-2)20-13-8-7-9-14-20/h3-4,20-25,33H,1-2,5-19H2/t21?,22-,23-,24-,25?,29?/m0/s1. The smallest absolute Gasteiger partial charge is 0.310 e. The van der Waals surface area contributed by atoms with Gasteiger partial charge in [0.15, 0.2) is 0 Å². The normalized spacial score (nSPS) is 32.3. The summed E-state index contributed by atoms with van der Waals surface area (Å²) in [7, 11) is 0. The summed E-state index contributed by atoms with van der Waals surface area (Å²) >= 11 is 5.48. The van der Waals surface area contributed by atoms with Crippen LogP contribution >= 0.6 is 27.7 Å². The Balaban J connectivity index is 1.63. The molecule has 1 saturated carbocycles. The van der Waals surface area contributed by atoms with Crippen molar-refractivity contribution in [1.29, 1.82) is 0 Å². The number of nitrogens with zero attached hydrogens (tertiary/aromatic N) is 2. The molecule has 7 nitrogen and oxygen atoms in total. The quantitative estimate of drug-likeness (QED) is 0.135. The van der Waals surface area contributed by atoms with Crippen molar-refractivity contribution in [2.45, 2.75) is 97.5 Å². The SMILES string of the molecule is C=CCCCCOC(=O)[C@H]1[C@H]2C(=O)N(CCCCO)C(C(=O)N(CC=C)C3CCCCC3)C23CC(Br)[C@@H]1S3. The number of hydrogen-bond acceptors (Lipinski definition) is 6. The third-order valence-corrected chi connectivity index (χ3v) is 12.0. The van der Waals surface area contributed by atoms with Crippen molar-refractivity contribution in [2.24, 2.45) is 11.8 Å². The molecule has 1 spiro atoms. The molecule has 2 amide bonds. The number of carbonyl (C=O) groups excluding carboxylic acids is 3. The van der Waals surface area contributed by atoms with Crippen LogP contribution in [-0.4, -0.2) is 85.9 Å². The number of halogens is 1. The number of aliphatic hydroxyl groups is 1. The predicted molar refractivity (Wildman–Crippen MR) is 154 cm³/mol. The molecule has 3 saturated heterocycles. The molecule has 4 aliphatic rings. The van der Waals surface area contributed by atoms with Crippen molar-refractivity contribution in [3.05, 3.63) is 25.3 Å². The molecule has 0 aromatic carbocycles. The summed E-state index contributed by atoms with van der Waals surface area (Å²) in [5.74, 6) is -1.56. The van der Waals surface area contributed by atoms with Crippen LogP contribution in [0.5, 0.6) is 0 Å². The lowest BCUT2D eigenvalue weighted by Crippen LogP contribution is -2.57. The van der Waals surface area contributed by atoms with Crippen molar-refractivity contribution in [1.82, 2.24) is 9.80 Å². The first-order chi connectivity index (χ1) is 18.4. The van der Waals surface area contributed by atoms with Crippen molar-refractivity contribution in [3.63, 3.8) is 0 Å². The minimum Gasteiger partial charge on any atom is -0.465 e. The Morgan fingerprint density at radius 3 is 2.61 bits per heavy atom. The van der Waals surface area contributed by atoms with Crippen LogP contribution in [0.1, 0.15) is 70.6 Å². The number of unbranched alkanes of at least 4 members (excludes halogenated alkanes) is 3. The molecule has 38 heavy (non-hydrogen) atoms. The lowest BCUT2D eigenvalue weighted by atomic mass is 9.71. The summed E-state index contributed by atoms with van der Waals surface area (Å²) in [4.78, 5) is 45.8. The summed E-state index contributed by atoms with van der Waals surface area (Å²) in [6, 6.07) is -0.472. The number of esters is 1. The van der Waals surface area contributed by atoms with Crippen LogP contribution in [0.3, 0.4) is 0 Å². The first kappa shape index (κ1) is 29.7. The Labute approximate surface area is 239 Å². The Hall–Kier alpha value is -1.32. The molecular formula is C29H43BrN2O5S. The second-order valence-corrected chi connectivity index (χ2v) is 13.9. The summed E-state index contributed by atoms with van der Waals surface area (Å²) < 4.78 is 5.06. The van der Waals surface area contributed by atoms with Gasteiger partial charge in [0.25, 0.3) is 0 Å². The highest BCUT2D eigenvalue weighted by atomic mass is 79.9. The van der Waals surface area contributed by atoms with Crippen LogP contribution in [0.25, 0.3) is 0 Å². The number of allylic oxidation sites excluding steroid dienone is 1. The third kappa shape index (κ3) is 5.62. The zero-order valence-corrected chi connectivity index (χ0v) is 24.8. The van der Waals surface area contributed by atoms with Gasteiger partial charge in [-0.05, 0) is 51.4 Å². The van der Waals surface area contributed by atoms with E-state index in [1.807, 2.05) is 11.0 Å². The number of rotatable bonds is 14. The topological polar surface area (TPSA) is 87.1 Å². The van der Waals surface area contributed by atoms with E-state index in [4.69, 9.17) is 4.74 Å². The third-order valence-electron chi connectivity index (χ3n) is 8.77. The lowest BCUT2D eigenvalue weighted by Gasteiger charge is -2.41. The van der Waals surface area contributed by atoms with Gasteiger partial charge in [-0.1, -0.05) is 47.3 Å². The van der Waals surface area contributed by atoms with Crippen LogP contribution in [0.4, 0.5) is 0 Å². The van der Waals surface area contributed by atoms with Gasteiger partial charge in [0, 0.05) is 35.8 Å². The number of ether oxygens (including phenoxy) is 1. The van der Waals surface area contributed by atoms with E-state index in [1.54, 1.807) is 22.7 Å². The zero-order chi connectivity index (χ0) is 27.3. The number of carbonyl (C=O) groups is 3. The van der Waals surface area contributed by atoms with Gasteiger partial charge in [0.1, 0.15) is 6.04 Å². The molecule has 212 valence electrons. The van der Waals surface area contributed by atoms with Crippen LogP contribution in [-0.2, 0) is 19.1 Å². The van der Waals surface area contributed by atoms with E-state index in [9.17, 15) is 19.5 Å². The van der Waals surface area contributed by atoms with E-state index in [0.29, 0.717) is 39.0 Å². The van der Waals surface area contributed by atoms with Crippen molar-refractivity contribution < 1.29 is 24.2 Å². The molecule has 3 heterocycles. The van der Waals surface area contributed by atoms with Crippen LogP contribution in [0.2, 0.25) is 0 Å². The Morgan fingerprint density at radius 2 is 1.92 bits per heavy atom. The van der Waals surface area contributed by atoms with Crippen LogP contribution < -0.4 is 0 Å². The molecular weight excluding hydrogens is 568 g/mol. The molecule has 0 radical (unpaired) electrons. The molecule has 9 heteroatoms. The summed E-state index contributed by atoms with van der Waals surface area (Å²) in [6.45, 7) is 8.90. The second kappa shape index (κ2) is 13.4. The number of alkyl halides is 1. The Morgan fingerprint density at radius 1 is 1.16 bits per heavy atom. The maximum absolute atomic E-state index is 14.5. The van der Waals surface area contributed by atoms with E-state index >= 15 is 0 Å². The van der Waals surface area contributed by atoms with Gasteiger partial charge in [-0.2, -0.15) is 0 Å². The fourth-order valence-corrected chi connectivity index (χ4v) is 10.7. The summed E-state index contributed by atoms with van der Waals surface area (Å²) in [6.07, 6.45) is 13.4. The molecule has 4 rings (SSSR count). The monoisotopic (exact) mass is 610 g/mol. The summed E-state index contributed by atoms with van der Waals surface area (Å²) in [5.41, 5.74) is 0. The van der Waals surface area contributed by atoms with Crippen LogP contribution in [0.15, 0.2) is 25.3 Å². The molecule has 0 aromatic heterocycles. The highest BCUT2D eigenvalue weighted by Gasteiger charge is 2.76. The van der Waals surface area contributed by atoms with Crippen LogP contribution in [0, 0.1) is 11.8 Å². The molecule has 0 aromatic rings. The number of aliphatic hydroxyl groups excluding tert-OH is 1. The fourth-order valence-electron chi connectivity index (χ4n) is 7.08. The van der Waals surface area contributed by atoms with Gasteiger partial charge in [-0.15, -0.1) is 24.9 Å². The zero-order valence-electron chi connectivity index (χ0n) is 22.4. The minimum absolute atomic E-state index is 0.0112. The fraction of sp³-hybridized carbons (Fsp3) is 0.759. The Kier molecular flexibility index (Phi) is 10.4. The van der Waals surface area contributed by atoms with Gasteiger partial charge >= 0.3 is 5.97 Å². The van der Waals surface area contributed by atoms with E-state index in [2.05, 4.69) is 29.1 Å². The first-order valence-electron chi connectivity index (χ1n) is 14.3. The highest BCUT2D eigenvalue weighted by Crippen LogP contribution is 2.68. The van der Waals surface area contributed by atoms with Gasteiger partial charge in [0.05, 0.1) is 23.2 Å². The number of hydrogen-bond donors (Lipinski definition) is 1. The van der Waals surface area contributed by atoms with Crippen molar-refractivity contribution in [2.75, 3.05) is 26.3 Å². The molecule has 1 N–H and O–H groups in total. The summed E-state index contributed by atoms with van der Waals surface area (Å²) in [5, 5.41) is 9.30. The minimum atomic E-state index is -0.660. The molecule has 3 unspecified atom stereocenters. The Bertz CT molecular complexity index is 896. The molecule has 2 bridgehead atoms. The average molecular weight is 612 g/mol. The predicted octanol–water partition coefficient (Wildman–Crippen LogP) is 4.47. The number of likely N-dealkylation sites (tertiary alicyclic amines) is 1. The second-order valence-electron chi connectivity index (χ2n) is 11.1. The lowest BCUT2D eigenvalue weighted by molar-refractivity contribution is -0.154. The van der Waals surface area contributed by atoms with Gasteiger partial charge in [-0.25, -0.2) is 0 Å². The largest absolute Gasteiger partial charge is 0.465 e. The molecule has 4 fully saturated rings. The van der Waals surface area contributed by atoms with Crippen molar-refractivity contribution in [3.8, 4) is 0 Å². The van der Waals surface area contributed by atoms with Crippen molar-refractivity contribution >= 4 is 45.5 Å². The maximum Gasteiger partial charge on any atom is 0.310 e.